The van der Waals surface area contributed by atoms with E-state index < -0.39 is 0 Å². The van der Waals surface area contributed by atoms with Crippen molar-refractivity contribution in [2.45, 2.75) is 46.1 Å². The highest BCUT2D eigenvalue weighted by atomic mass is 16.5. The maximum Gasteiger partial charge on any atom is 0.338 e. The van der Waals surface area contributed by atoms with Crippen molar-refractivity contribution in [1.82, 2.24) is 0 Å². The van der Waals surface area contributed by atoms with Crippen LogP contribution >= 0.6 is 0 Å². The summed E-state index contributed by atoms with van der Waals surface area (Å²) in [5.41, 5.74) is 2.47. The van der Waals surface area contributed by atoms with E-state index in [0.717, 1.165) is 24.0 Å². The van der Waals surface area contributed by atoms with Crippen molar-refractivity contribution >= 4 is 5.97 Å². The second-order valence-corrected chi connectivity index (χ2v) is 7.96. The van der Waals surface area contributed by atoms with Crippen molar-refractivity contribution in [3.05, 3.63) is 71.3 Å². The lowest BCUT2D eigenvalue weighted by atomic mass is 9.75. The van der Waals surface area contributed by atoms with E-state index in [4.69, 9.17) is 4.74 Å². The maximum absolute atomic E-state index is 12.6. The zero-order chi connectivity index (χ0) is 19.2. The number of ether oxygens (including phenoxy) is 1. The molecule has 2 aromatic carbocycles. The van der Waals surface area contributed by atoms with Crippen LogP contribution in [-0.2, 0) is 4.74 Å². The van der Waals surface area contributed by atoms with Crippen LogP contribution in [0.3, 0.4) is 0 Å². The Morgan fingerprint density at radius 2 is 1.59 bits per heavy atom. The van der Waals surface area contributed by atoms with Crippen LogP contribution in [0, 0.1) is 29.6 Å². The Bertz CT molecular complexity index is 809. The molecule has 1 fully saturated rings. The van der Waals surface area contributed by atoms with E-state index in [1.54, 1.807) is 0 Å². The number of benzene rings is 2. The molecule has 2 aromatic rings. The van der Waals surface area contributed by atoms with Gasteiger partial charge in [-0.1, -0.05) is 57.2 Å². The highest BCUT2D eigenvalue weighted by Crippen LogP contribution is 2.35. The number of carbonyl (C=O) groups excluding carboxylic acids is 1. The SMILES string of the molecule is CC(C)[C@@H]1CC[C@@H](C)C[C@H]1OC(=O)c1ccc(C#Cc2ccccc2)cc1. The van der Waals surface area contributed by atoms with Gasteiger partial charge in [0, 0.05) is 11.1 Å². The van der Waals surface area contributed by atoms with Crippen molar-refractivity contribution in [1.29, 1.82) is 0 Å². The minimum absolute atomic E-state index is 0.0267. The Labute approximate surface area is 163 Å². The van der Waals surface area contributed by atoms with E-state index in [9.17, 15) is 4.79 Å². The molecule has 0 aromatic heterocycles. The van der Waals surface area contributed by atoms with Gasteiger partial charge in [-0.15, -0.1) is 0 Å². The summed E-state index contributed by atoms with van der Waals surface area (Å²) < 4.78 is 5.92. The molecule has 0 N–H and O–H groups in total. The average molecular weight is 360 g/mol. The number of carbonyl (C=O) groups is 1. The van der Waals surface area contributed by atoms with Crippen LogP contribution in [-0.4, -0.2) is 12.1 Å². The first-order valence-corrected chi connectivity index (χ1v) is 9.91. The molecule has 0 amide bonds. The molecule has 0 aliphatic heterocycles. The van der Waals surface area contributed by atoms with Crippen molar-refractivity contribution in [2.24, 2.45) is 17.8 Å². The molecule has 2 heteroatoms. The summed E-state index contributed by atoms with van der Waals surface area (Å²) in [6.07, 6.45) is 3.37. The third-order valence-corrected chi connectivity index (χ3v) is 5.47. The first-order chi connectivity index (χ1) is 13.0. The molecule has 0 bridgehead atoms. The summed E-state index contributed by atoms with van der Waals surface area (Å²) in [5, 5.41) is 0. The van der Waals surface area contributed by atoms with Gasteiger partial charge < -0.3 is 4.74 Å². The van der Waals surface area contributed by atoms with Crippen molar-refractivity contribution in [3.8, 4) is 11.8 Å². The fourth-order valence-corrected chi connectivity index (χ4v) is 3.81. The summed E-state index contributed by atoms with van der Waals surface area (Å²) in [4.78, 5) is 12.6. The van der Waals surface area contributed by atoms with Gasteiger partial charge in [0.15, 0.2) is 0 Å². The van der Waals surface area contributed by atoms with Crippen LogP contribution < -0.4 is 0 Å². The highest BCUT2D eigenvalue weighted by Gasteiger charge is 2.33. The lowest BCUT2D eigenvalue weighted by Gasteiger charge is -2.36. The van der Waals surface area contributed by atoms with Gasteiger partial charge in [0.2, 0.25) is 0 Å². The molecular weight excluding hydrogens is 332 g/mol. The zero-order valence-electron chi connectivity index (χ0n) is 16.4. The van der Waals surface area contributed by atoms with Gasteiger partial charge in [0.05, 0.1) is 5.56 Å². The first-order valence-electron chi connectivity index (χ1n) is 9.91. The smallest absolute Gasteiger partial charge is 0.338 e. The zero-order valence-corrected chi connectivity index (χ0v) is 16.4. The molecule has 140 valence electrons. The molecule has 1 saturated carbocycles. The summed E-state index contributed by atoms with van der Waals surface area (Å²) in [6.45, 7) is 6.70. The largest absolute Gasteiger partial charge is 0.458 e. The van der Waals surface area contributed by atoms with Crippen molar-refractivity contribution in [2.75, 3.05) is 0 Å². The molecule has 1 aliphatic rings. The first kappa shape index (κ1) is 19.2. The summed E-state index contributed by atoms with van der Waals surface area (Å²) in [5.74, 6) is 7.66. The minimum atomic E-state index is -0.220. The van der Waals surface area contributed by atoms with E-state index in [-0.39, 0.29) is 12.1 Å². The normalized spacial score (nSPS) is 22.0. The molecule has 3 atom stereocenters. The van der Waals surface area contributed by atoms with Gasteiger partial charge in [-0.25, -0.2) is 4.79 Å². The Balaban J connectivity index is 1.66. The number of hydrogen-bond acceptors (Lipinski definition) is 2. The molecule has 0 heterocycles. The second-order valence-electron chi connectivity index (χ2n) is 7.96. The predicted molar refractivity (Wildman–Crippen MR) is 109 cm³/mol. The van der Waals surface area contributed by atoms with Gasteiger partial charge in [-0.3, -0.25) is 0 Å². The van der Waals surface area contributed by atoms with Gasteiger partial charge in [0.1, 0.15) is 6.10 Å². The van der Waals surface area contributed by atoms with Gasteiger partial charge in [-0.2, -0.15) is 0 Å². The van der Waals surface area contributed by atoms with Crippen LogP contribution in [0.2, 0.25) is 0 Å². The van der Waals surface area contributed by atoms with E-state index in [1.807, 2.05) is 54.6 Å². The lowest BCUT2D eigenvalue weighted by Crippen LogP contribution is -2.35. The number of esters is 1. The Kier molecular flexibility index (Phi) is 6.35. The molecule has 1 aliphatic carbocycles. The van der Waals surface area contributed by atoms with Gasteiger partial charge >= 0.3 is 5.97 Å². The molecule has 0 unspecified atom stereocenters. The highest BCUT2D eigenvalue weighted by molar-refractivity contribution is 5.89. The molecule has 0 radical (unpaired) electrons. The Morgan fingerprint density at radius 3 is 2.22 bits per heavy atom. The van der Waals surface area contributed by atoms with Crippen LogP contribution in [0.25, 0.3) is 0 Å². The Morgan fingerprint density at radius 1 is 0.963 bits per heavy atom. The topological polar surface area (TPSA) is 26.3 Å². The molecular formula is C25H28O2. The molecule has 27 heavy (non-hydrogen) atoms. The number of rotatable bonds is 3. The summed E-state index contributed by atoms with van der Waals surface area (Å²) in [7, 11) is 0. The molecule has 0 spiro atoms. The van der Waals surface area contributed by atoms with E-state index in [0.29, 0.717) is 23.3 Å². The lowest BCUT2D eigenvalue weighted by molar-refractivity contribution is -0.0174. The quantitative estimate of drug-likeness (QED) is 0.518. The van der Waals surface area contributed by atoms with Crippen molar-refractivity contribution in [3.63, 3.8) is 0 Å². The minimum Gasteiger partial charge on any atom is -0.458 e. The van der Waals surface area contributed by atoms with Gasteiger partial charge in [0.25, 0.3) is 0 Å². The third kappa shape index (κ3) is 5.23. The molecule has 2 nitrogen and oxygen atoms in total. The monoisotopic (exact) mass is 360 g/mol. The van der Waals surface area contributed by atoms with E-state index >= 15 is 0 Å². The van der Waals surface area contributed by atoms with Crippen LogP contribution in [0.15, 0.2) is 54.6 Å². The fraction of sp³-hybridized carbons (Fsp3) is 0.400. The standard InChI is InChI=1S/C25H28O2/c1-18(2)23-16-9-19(3)17-24(23)27-25(26)22-14-12-21(13-15-22)11-10-20-7-5-4-6-8-20/h4-8,12-15,18-19,23-24H,9,16-17H2,1-3H3/t19-,23+,24-/m1/s1. The molecule has 0 saturated heterocycles. The Hall–Kier alpha value is -2.53. The predicted octanol–water partition coefficient (Wildman–Crippen LogP) is 5.70. The second kappa shape index (κ2) is 8.91. The van der Waals surface area contributed by atoms with E-state index in [2.05, 4.69) is 32.6 Å². The van der Waals surface area contributed by atoms with Crippen LogP contribution in [0.5, 0.6) is 0 Å². The molecule has 3 rings (SSSR count). The van der Waals surface area contributed by atoms with E-state index in [1.165, 1.54) is 6.42 Å². The average Bonchev–Trinajstić information content (AvgIpc) is 2.67. The fourth-order valence-electron chi connectivity index (χ4n) is 3.81. The summed E-state index contributed by atoms with van der Waals surface area (Å²) in [6, 6.07) is 17.3. The van der Waals surface area contributed by atoms with Gasteiger partial charge in [-0.05, 0) is 67.0 Å². The van der Waals surface area contributed by atoms with Crippen LogP contribution in [0.1, 0.15) is 61.5 Å². The summed E-state index contributed by atoms with van der Waals surface area (Å²) >= 11 is 0. The van der Waals surface area contributed by atoms with Crippen molar-refractivity contribution < 1.29 is 9.53 Å². The maximum atomic E-state index is 12.6. The number of hydrogen-bond donors (Lipinski definition) is 0. The third-order valence-electron chi connectivity index (χ3n) is 5.47. The van der Waals surface area contributed by atoms with Crippen LogP contribution in [0.4, 0.5) is 0 Å².